The topological polar surface area (TPSA) is 56.2 Å². The first-order valence-corrected chi connectivity index (χ1v) is 10.4. The van der Waals surface area contributed by atoms with Gasteiger partial charge in [-0.1, -0.05) is 41.9 Å². The van der Waals surface area contributed by atoms with Gasteiger partial charge in [0.1, 0.15) is 30.0 Å². The summed E-state index contributed by atoms with van der Waals surface area (Å²) in [5, 5.41) is 3.67. The molecule has 32 heavy (non-hydrogen) atoms. The van der Waals surface area contributed by atoms with E-state index in [1.54, 1.807) is 54.7 Å². The second-order valence-electron chi connectivity index (χ2n) is 7.30. The second-order valence-corrected chi connectivity index (χ2v) is 7.73. The third-order valence-electron chi connectivity index (χ3n) is 5.01. The third-order valence-corrected chi connectivity index (χ3v) is 5.26. The van der Waals surface area contributed by atoms with Gasteiger partial charge >= 0.3 is 0 Å². The molecule has 1 unspecified atom stereocenters. The number of nitrogens with zero attached hydrogens (tertiary/aromatic N) is 2. The van der Waals surface area contributed by atoms with Gasteiger partial charge in [-0.2, -0.15) is 0 Å². The van der Waals surface area contributed by atoms with E-state index >= 15 is 0 Å². The van der Waals surface area contributed by atoms with Gasteiger partial charge in [0.2, 0.25) is 0 Å². The molecule has 1 N–H and O–H groups in total. The fourth-order valence-corrected chi connectivity index (χ4v) is 3.42. The predicted molar refractivity (Wildman–Crippen MR) is 121 cm³/mol. The van der Waals surface area contributed by atoms with E-state index in [0.717, 1.165) is 11.1 Å². The number of rotatable bonds is 7. The van der Waals surface area contributed by atoms with E-state index in [1.807, 2.05) is 29.9 Å². The number of nitrogens with one attached hydrogen (secondary N) is 1. The molecule has 7 heteroatoms. The molecule has 0 saturated heterocycles. The summed E-state index contributed by atoms with van der Waals surface area (Å²) in [6.45, 7) is 0.270. The smallest absolute Gasteiger partial charge is 0.252 e. The normalized spacial score (nSPS) is 11.7. The highest BCUT2D eigenvalue weighted by Crippen LogP contribution is 2.23. The van der Waals surface area contributed by atoms with E-state index in [9.17, 15) is 9.18 Å². The molecule has 162 valence electrons. The van der Waals surface area contributed by atoms with Crippen LogP contribution in [0, 0.1) is 5.82 Å². The van der Waals surface area contributed by atoms with Gasteiger partial charge in [-0.3, -0.25) is 4.79 Å². The van der Waals surface area contributed by atoms with Crippen LogP contribution in [0.5, 0.6) is 5.75 Å². The second kappa shape index (κ2) is 9.66. The minimum absolute atomic E-state index is 0.264. The van der Waals surface area contributed by atoms with Crippen LogP contribution in [-0.4, -0.2) is 15.5 Å². The van der Waals surface area contributed by atoms with E-state index in [4.69, 9.17) is 16.3 Å². The fourth-order valence-electron chi connectivity index (χ4n) is 3.30. The lowest BCUT2D eigenvalue weighted by molar-refractivity contribution is 0.0940. The number of ether oxygens (including phenoxy) is 1. The van der Waals surface area contributed by atoms with Crippen LogP contribution in [0.3, 0.4) is 0 Å². The SMILES string of the molecule is Cn1ccnc1C(NC(=O)c1cccc(OCc2ccc(F)cc2)c1)c1ccc(Cl)cc1. The Balaban J connectivity index is 1.52. The monoisotopic (exact) mass is 449 g/mol. The molecule has 1 aromatic heterocycles. The molecule has 0 bridgehead atoms. The molecule has 4 rings (SSSR count). The Bertz CT molecular complexity index is 1210. The summed E-state index contributed by atoms with van der Waals surface area (Å²) in [4.78, 5) is 17.5. The number of hydrogen-bond acceptors (Lipinski definition) is 3. The van der Waals surface area contributed by atoms with E-state index < -0.39 is 6.04 Å². The van der Waals surface area contributed by atoms with Crippen molar-refractivity contribution >= 4 is 17.5 Å². The summed E-state index contributed by atoms with van der Waals surface area (Å²) in [6.07, 6.45) is 3.52. The molecule has 0 aliphatic heterocycles. The molecular formula is C25H21ClFN3O2. The van der Waals surface area contributed by atoms with Crippen LogP contribution in [-0.2, 0) is 13.7 Å². The van der Waals surface area contributed by atoms with Crippen molar-refractivity contribution in [3.05, 3.63) is 119 Å². The lowest BCUT2D eigenvalue weighted by atomic mass is 10.1. The maximum absolute atomic E-state index is 13.1. The van der Waals surface area contributed by atoms with Gasteiger partial charge in [-0.05, 0) is 53.6 Å². The molecule has 4 aromatic rings. The molecule has 0 aliphatic rings. The molecule has 5 nitrogen and oxygen atoms in total. The number of carbonyl (C=O) groups is 1. The Kier molecular flexibility index (Phi) is 6.52. The van der Waals surface area contributed by atoms with Crippen LogP contribution in [0.15, 0.2) is 85.2 Å². The molecule has 0 aliphatic carbocycles. The standard InChI is InChI=1S/C25H21ClFN3O2/c1-30-14-13-28-24(30)23(18-7-9-20(26)10-8-18)29-25(31)19-3-2-4-22(15-19)32-16-17-5-11-21(27)12-6-17/h2-15,23H,16H2,1H3,(H,29,31). The van der Waals surface area contributed by atoms with Gasteiger partial charge in [0.25, 0.3) is 5.91 Å². The highest BCUT2D eigenvalue weighted by atomic mass is 35.5. The molecule has 0 spiro atoms. The maximum atomic E-state index is 13.1. The number of aromatic nitrogens is 2. The highest BCUT2D eigenvalue weighted by Gasteiger charge is 2.21. The fraction of sp³-hybridized carbons (Fsp3) is 0.120. The Labute approximate surface area is 190 Å². The van der Waals surface area contributed by atoms with Crippen LogP contribution >= 0.6 is 11.6 Å². The zero-order chi connectivity index (χ0) is 22.5. The summed E-state index contributed by atoms with van der Waals surface area (Å²) in [5.74, 6) is 0.682. The molecule has 1 atom stereocenters. The first-order chi connectivity index (χ1) is 15.5. The van der Waals surface area contributed by atoms with Crippen molar-refractivity contribution < 1.29 is 13.9 Å². The quantitative estimate of drug-likeness (QED) is 0.416. The van der Waals surface area contributed by atoms with E-state index in [-0.39, 0.29) is 18.3 Å². The van der Waals surface area contributed by atoms with Crippen molar-refractivity contribution in [3.63, 3.8) is 0 Å². The molecule has 0 radical (unpaired) electrons. The van der Waals surface area contributed by atoms with Gasteiger partial charge in [0, 0.05) is 30.0 Å². The van der Waals surface area contributed by atoms with Crippen LogP contribution in [0.2, 0.25) is 5.02 Å². The highest BCUT2D eigenvalue weighted by molar-refractivity contribution is 6.30. The zero-order valence-corrected chi connectivity index (χ0v) is 18.1. The zero-order valence-electron chi connectivity index (χ0n) is 17.3. The Hall–Kier alpha value is -3.64. The van der Waals surface area contributed by atoms with E-state index in [1.165, 1.54) is 12.1 Å². The molecule has 1 heterocycles. The van der Waals surface area contributed by atoms with Gasteiger partial charge < -0.3 is 14.6 Å². The van der Waals surface area contributed by atoms with Crippen LogP contribution in [0.1, 0.15) is 33.4 Å². The van der Waals surface area contributed by atoms with E-state index in [2.05, 4.69) is 10.3 Å². The molecule has 0 saturated carbocycles. The summed E-state index contributed by atoms with van der Waals surface area (Å²) in [7, 11) is 1.88. The first-order valence-electron chi connectivity index (χ1n) is 10.0. The summed E-state index contributed by atoms with van der Waals surface area (Å²) in [6, 6.07) is 19.9. The number of hydrogen-bond donors (Lipinski definition) is 1. The largest absolute Gasteiger partial charge is 0.489 e. The van der Waals surface area contributed by atoms with Crippen molar-refractivity contribution in [2.75, 3.05) is 0 Å². The molecule has 1 amide bonds. The molecular weight excluding hydrogens is 429 g/mol. The summed E-state index contributed by atoms with van der Waals surface area (Å²) >= 11 is 6.03. The number of halogens is 2. The van der Waals surface area contributed by atoms with Crippen molar-refractivity contribution in [1.29, 1.82) is 0 Å². The molecule has 0 fully saturated rings. The van der Waals surface area contributed by atoms with Crippen LogP contribution < -0.4 is 10.1 Å². The Morgan fingerprint density at radius 2 is 1.88 bits per heavy atom. The summed E-state index contributed by atoms with van der Waals surface area (Å²) < 4.78 is 20.7. The van der Waals surface area contributed by atoms with Gasteiger partial charge in [-0.15, -0.1) is 0 Å². The van der Waals surface area contributed by atoms with Gasteiger partial charge in [0.05, 0.1) is 0 Å². The minimum Gasteiger partial charge on any atom is -0.489 e. The number of benzene rings is 3. The lowest BCUT2D eigenvalue weighted by Crippen LogP contribution is -2.31. The number of aryl methyl sites for hydroxylation is 1. The Morgan fingerprint density at radius 1 is 1.12 bits per heavy atom. The van der Waals surface area contributed by atoms with Crippen molar-refractivity contribution in [2.45, 2.75) is 12.6 Å². The lowest BCUT2D eigenvalue weighted by Gasteiger charge is -2.19. The third kappa shape index (κ3) is 5.15. The number of imidazole rings is 1. The average Bonchev–Trinajstić information content (AvgIpc) is 3.23. The minimum atomic E-state index is -0.455. The van der Waals surface area contributed by atoms with Crippen LogP contribution in [0.25, 0.3) is 0 Å². The Morgan fingerprint density at radius 3 is 2.56 bits per heavy atom. The molecule has 3 aromatic carbocycles. The van der Waals surface area contributed by atoms with Crippen molar-refractivity contribution in [1.82, 2.24) is 14.9 Å². The van der Waals surface area contributed by atoms with E-state index in [0.29, 0.717) is 22.2 Å². The van der Waals surface area contributed by atoms with Gasteiger partial charge in [0.15, 0.2) is 0 Å². The van der Waals surface area contributed by atoms with Crippen molar-refractivity contribution in [2.24, 2.45) is 7.05 Å². The number of carbonyl (C=O) groups excluding carboxylic acids is 1. The van der Waals surface area contributed by atoms with Gasteiger partial charge in [-0.25, -0.2) is 9.37 Å². The maximum Gasteiger partial charge on any atom is 0.252 e. The number of amides is 1. The average molecular weight is 450 g/mol. The predicted octanol–water partition coefficient (Wildman–Crippen LogP) is 5.31. The first kappa shape index (κ1) is 21.6. The van der Waals surface area contributed by atoms with Crippen molar-refractivity contribution in [3.8, 4) is 5.75 Å². The van der Waals surface area contributed by atoms with Crippen LogP contribution in [0.4, 0.5) is 4.39 Å². The summed E-state index contributed by atoms with van der Waals surface area (Å²) in [5.41, 5.74) is 2.15.